The van der Waals surface area contributed by atoms with Crippen molar-refractivity contribution >= 4 is 28.4 Å². The number of aromatic nitrogens is 2. The van der Waals surface area contributed by atoms with Crippen LogP contribution < -0.4 is 15.8 Å². The molecule has 1 unspecified atom stereocenters. The van der Waals surface area contributed by atoms with Crippen LogP contribution in [0.3, 0.4) is 0 Å². The van der Waals surface area contributed by atoms with Crippen LogP contribution >= 0.6 is 0 Å². The third kappa shape index (κ3) is 3.87. The fourth-order valence-corrected chi connectivity index (χ4v) is 3.48. The second-order valence-corrected chi connectivity index (χ2v) is 6.94. The molecule has 148 valence electrons. The monoisotopic (exact) mass is 394 g/mol. The van der Waals surface area contributed by atoms with Crippen LogP contribution in [0.1, 0.15) is 6.42 Å². The van der Waals surface area contributed by atoms with Gasteiger partial charge in [0.2, 0.25) is 11.8 Å². The van der Waals surface area contributed by atoms with Crippen LogP contribution in [0.25, 0.3) is 10.9 Å². The molecule has 2 aromatic carbocycles. The number of benzene rings is 2. The molecule has 1 aliphatic rings. The lowest BCUT2D eigenvalue weighted by molar-refractivity contribution is -0.126. The first-order chi connectivity index (χ1) is 14.0. The fourth-order valence-electron chi connectivity index (χ4n) is 3.48. The van der Waals surface area contributed by atoms with E-state index < -0.39 is 11.7 Å². The molecule has 0 aliphatic carbocycles. The van der Waals surface area contributed by atoms with E-state index in [0.29, 0.717) is 12.1 Å². The summed E-state index contributed by atoms with van der Waals surface area (Å²) in [6.45, 7) is 0.732. The van der Waals surface area contributed by atoms with Gasteiger partial charge in [0.25, 0.3) is 5.56 Å². The van der Waals surface area contributed by atoms with E-state index in [-0.39, 0.29) is 42.3 Å². The van der Waals surface area contributed by atoms with Crippen molar-refractivity contribution in [3.05, 3.63) is 71.0 Å². The smallest absolute Gasteiger partial charge is 0.261 e. The zero-order valence-electron chi connectivity index (χ0n) is 15.5. The number of carbonyl (C=O) groups is 2. The number of anilines is 1. The van der Waals surface area contributed by atoms with Crippen LogP contribution in [0.15, 0.2) is 59.7 Å². The largest absolute Gasteiger partial charge is 0.354 e. The summed E-state index contributed by atoms with van der Waals surface area (Å²) in [5.41, 5.74) is 0.825. The molecule has 29 heavy (non-hydrogen) atoms. The third-order valence-electron chi connectivity index (χ3n) is 5.00. The molecule has 1 saturated heterocycles. The Morgan fingerprint density at radius 3 is 2.76 bits per heavy atom. The minimum absolute atomic E-state index is 0.0895. The maximum atomic E-state index is 13.4. The van der Waals surface area contributed by atoms with Crippen LogP contribution in [0.4, 0.5) is 10.1 Å². The molecule has 2 amide bonds. The van der Waals surface area contributed by atoms with E-state index in [1.165, 1.54) is 23.0 Å². The molecule has 0 saturated carbocycles. The predicted molar refractivity (Wildman–Crippen MR) is 106 cm³/mol. The summed E-state index contributed by atoms with van der Waals surface area (Å²) in [4.78, 5) is 42.9. The van der Waals surface area contributed by atoms with Crippen LogP contribution in [0.2, 0.25) is 0 Å². The van der Waals surface area contributed by atoms with Crippen LogP contribution in [-0.2, 0) is 16.1 Å². The molecule has 0 bridgehead atoms. The van der Waals surface area contributed by atoms with Crippen molar-refractivity contribution in [2.45, 2.75) is 13.0 Å². The standard InChI is InChI=1S/C21H19FN4O3/c22-15-6-7-18-17(11-15)21(29)25(13-24-18)9-8-23-20(28)14-10-19(27)26(12-14)16-4-2-1-3-5-16/h1-7,11,13-14H,8-10,12H2,(H,23,28). The molecule has 2 heterocycles. The van der Waals surface area contributed by atoms with Gasteiger partial charge >= 0.3 is 0 Å². The average Bonchev–Trinajstić information content (AvgIpc) is 3.12. The summed E-state index contributed by atoms with van der Waals surface area (Å²) in [5, 5.41) is 2.97. The van der Waals surface area contributed by atoms with Crippen molar-refractivity contribution in [1.29, 1.82) is 0 Å². The molecule has 8 heteroatoms. The highest BCUT2D eigenvalue weighted by Crippen LogP contribution is 2.24. The Kier molecular flexibility index (Phi) is 5.07. The SMILES string of the molecule is O=C(NCCn1cnc2ccc(F)cc2c1=O)C1CC(=O)N(c2ccccc2)C1. The molecule has 1 aliphatic heterocycles. The highest BCUT2D eigenvalue weighted by molar-refractivity contribution is 6.00. The molecule has 0 radical (unpaired) electrons. The summed E-state index contributed by atoms with van der Waals surface area (Å²) < 4.78 is 14.7. The normalized spacial score (nSPS) is 16.4. The van der Waals surface area contributed by atoms with E-state index in [0.717, 1.165) is 11.8 Å². The van der Waals surface area contributed by atoms with Crippen molar-refractivity contribution in [3.63, 3.8) is 0 Å². The number of hydrogen-bond acceptors (Lipinski definition) is 4. The Labute approximate surface area is 165 Å². The van der Waals surface area contributed by atoms with Gasteiger partial charge in [-0.3, -0.25) is 19.0 Å². The summed E-state index contributed by atoms with van der Waals surface area (Å²) in [6.07, 6.45) is 1.53. The third-order valence-corrected chi connectivity index (χ3v) is 5.00. The van der Waals surface area contributed by atoms with E-state index in [2.05, 4.69) is 10.3 Å². The topological polar surface area (TPSA) is 84.3 Å². The molecule has 4 rings (SSSR count). The van der Waals surface area contributed by atoms with Gasteiger partial charge in [-0.25, -0.2) is 9.37 Å². The Morgan fingerprint density at radius 2 is 1.97 bits per heavy atom. The Morgan fingerprint density at radius 1 is 1.17 bits per heavy atom. The lowest BCUT2D eigenvalue weighted by Gasteiger charge is -2.16. The molecular weight excluding hydrogens is 375 g/mol. The van der Waals surface area contributed by atoms with Crippen molar-refractivity contribution in [3.8, 4) is 0 Å². The van der Waals surface area contributed by atoms with E-state index in [1.807, 2.05) is 30.3 Å². The van der Waals surface area contributed by atoms with Gasteiger partial charge in [0.15, 0.2) is 0 Å². The van der Waals surface area contributed by atoms with Gasteiger partial charge in [-0.2, -0.15) is 0 Å². The minimum Gasteiger partial charge on any atom is -0.354 e. The molecule has 7 nitrogen and oxygen atoms in total. The molecule has 3 aromatic rings. The van der Waals surface area contributed by atoms with E-state index in [1.54, 1.807) is 4.90 Å². The van der Waals surface area contributed by atoms with Crippen LogP contribution in [-0.4, -0.2) is 34.5 Å². The van der Waals surface area contributed by atoms with Gasteiger partial charge in [0.05, 0.1) is 23.1 Å². The molecule has 1 atom stereocenters. The van der Waals surface area contributed by atoms with Crippen molar-refractivity contribution in [2.75, 3.05) is 18.0 Å². The first-order valence-electron chi connectivity index (χ1n) is 9.31. The van der Waals surface area contributed by atoms with Crippen molar-refractivity contribution < 1.29 is 14.0 Å². The highest BCUT2D eigenvalue weighted by atomic mass is 19.1. The summed E-state index contributed by atoms with van der Waals surface area (Å²) in [5.74, 6) is -1.27. The minimum atomic E-state index is -0.503. The number of hydrogen-bond donors (Lipinski definition) is 1. The number of rotatable bonds is 5. The molecule has 1 fully saturated rings. The van der Waals surface area contributed by atoms with Crippen LogP contribution in [0.5, 0.6) is 0 Å². The number of carbonyl (C=O) groups excluding carboxylic acids is 2. The lowest BCUT2D eigenvalue weighted by atomic mass is 10.1. The van der Waals surface area contributed by atoms with E-state index >= 15 is 0 Å². The van der Waals surface area contributed by atoms with Gasteiger partial charge in [-0.15, -0.1) is 0 Å². The zero-order valence-corrected chi connectivity index (χ0v) is 15.5. The number of nitrogens with zero attached hydrogens (tertiary/aromatic N) is 3. The first-order valence-corrected chi connectivity index (χ1v) is 9.31. The van der Waals surface area contributed by atoms with Gasteiger partial charge < -0.3 is 10.2 Å². The van der Waals surface area contributed by atoms with Gasteiger partial charge in [-0.05, 0) is 30.3 Å². The first kappa shape index (κ1) is 18.8. The zero-order chi connectivity index (χ0) is 20.4. The van der Waals surface area contributed by atoms with E-state index in [4.69, 9.17) is 0 Å². The number of fused-ring (bicyclic) bond motifs is 1. The number of para-hydroxylation sites is 1. The maximum absolute atomic E-state index is 13.4. The van der Waals surface area contributed by atoms with Gasteiger partial charge in [0, 0.05) is 31.7 Å². The van der Waals surface area contributed by atoms with E-state index in [9.17, 15) is 18.8 Å². The van der Waals surface area contributed by atoms with Gasteiger partial charge in [-0.1, -0.05) is 18.2 Å². The fraction of sp³-hybridized carbons (Fsp3) is 0.238. The summed E-state index contributed by atoms with van der Waals surface area (Å²) in [7, 11) is 0. The lowest BCUT2D eigenvalue weighted by Crippen LogP contribution is -2.36. The Bertz CT molecular complexity index is 1130. The second-order valence-electron chi connectivity index (χ2n) is 6.94. The summed E-state index contributed by atoms with van der Waals surface area (Å²) >= 11 is 0. The molecule has 1 aromatic heterocycles. The average molecular weight is 394 g/mol. The molecule has 1 N–H and O–H groups in total. The molecule has 0 spiro atoms. The predicted octanol–water partition coefficient (Wildman–Crippen LogP) is 1.70. The second kappa shape index (κ2) is 7.83. The maximum Gasteiger partial charge on any atom is 0.261 e. The van der Waals surface area contributed by atoms with Crippen molar-refractivity contribution in [1.82, 2.24) is 14.9 Å². The number of halogens is 1. The van der Waals surface area contributed by atoms with Crippen molar-refractivity contribution in [2.24, 2.45) is 5.92 Å². The Hall–Kier alpha value is -3.55. The quantitative estimate of drug-likeness (QED) is 0.714. The summed E-state index contributed by atoms with van der Waals surface area (Å²) in [6, 6.07) is 13.1. The highest BCUT2D eigenvalue weighted by Gasteiger charge is 2.34. The van der Waals surface area contributed by atoms with Crippen LogP contribution in [0, 0.1) is 11.7 Å². The number of amides is 2. The number of nitrogens with one attached hydrogen (secondary N) is 1. The Balaban J connectivity index is 1.37. The van der Waals surface area contributed by atoms with Gasteiger partial charge in [0.1, 0.15) is 5.82 Å². The molecular formula is C21H19FN4O3.